The largest absolute Gasteiger partial charge is 0.350 e. The molecular formula is C32H31ClFN3O4S. The van der Waals surface area contributed by atoms with Crippen molar-refractivity contribution >= 4 is 33.4 Å². The Hall–Kier alpha value is -4.05. The average molecular weight is 608 g/mol. The first-order valence-electron chi connectivity index (χ1n) is 13.2. The van der Waals surface area contributed by atoms with Crippen LogP contribution in [0.3, 0.4) is 0 Å². The number of rotatable bonds is 12. The first-order valence-corrected chi connectivity index (χ1v) is 15.4. The topological polar surface area (TPSA) is 86.8 Å². The van der Waals surface area contributed by atoms with Crippen LogP contribution in [-0.2, 0) is 39.2 Å². The number of hydrogen-bond acceptors (Lipinski definition) is 4. The molecule has 10 heteroatoms. The lowest BCUT2D eigenvalue weighted by Crippen LogP contribution is -2.47. The third kappa shape index (κ3) is 8.48. The Bertz CT molecular complexity index is 1600. The summed E-state index contributed by atoms with van der Waals surface area (Å²) in [5.41, 5.74) is 2.50. The molecule has 0 fully saturated rings. The summed E-state index contributed by atoms with van der Waals surface area (Å²) in [6, 6.07) is 29.2. The number of hydrogen-bond donors (Lipinski definition) is 1. The van der Waals surface area contributed by atoms with Crippen LogP contribution in [0.25, 0.3) is 0 Å². The number of carbonyl (C=O) groups excluding carboxylic acids is 2. The lowest BCUT2D eigenvalue weighted by Gasteiger charge is -2.33. The van der Waals surface area contributed by atoms with Crippen LogP contribution in [0.5, 0.6) is 0 Å². The van der Waals surface area contributed by atoms with Crippen LogP contribution < -0.4 is 5.32 Å². The van der Waals surface area contributed by atoms with Gasteiger partial charge in [-0.15, -0.1) is 0 Å². The number of carbonyl (C=O) groups is 2. The third-order valence-corrected chi connectivity index (χ3v) is 8.22. The van der Waals surface area contributed by atoms with E-state index in [1.54, 1.807) is 78.9 Å². The fraction of sp³-hybridized carbons (Fsp3) is 0.188. The van der Waals surface area contributed by atoms with Crippen molar-refractivity contribution in [3.63, 3.8) is 0 Å². The quantitative estimate of drug-likeness (QED) is 0.236. The summed E-state index contributed by atoms with van der Waals surface area (Å²) < 4.78 is 40.3. The summed E-state index contributed by atoms with van der Waals surface area (Å²) in [5, 5.41) is 3.37. The maximum atomic E-state index is 14.1. The molecular weight excluding hydrogens is 577 g/mol. The van der Waals surface area contributed by atoms with E-state index in [0.29, 0.717) is 27.3 Å². The molecule has 0 aromatic heterocycles. The molecule has 0 spiro atoms. The molecule has 42 heavy (non-hydrogen) atoms. The van der Waals surface area contributed by atoms with E-state index in [2.05, 4.69) is 5.32 Å². The molecule has 4 rings (SSSR count). The molecule has 1 atom stereocenters. The van der Waals surface area contributed by atoms with Gasteiger partial charge in [-0.3, -0.25) is 9.59 Å². The highest BCUT2D eigenvalue weighted by atomic mass is 35.5. The first kappa shape index (κ1) is 30.9. The maximum Gasteiger partial charge on any atom is 0.247 e. The van der Waals surface area contributed by atoms with E-state index in [1.165, 1.54) is 29.2 Å². The Balaban J connectivity index is 1.70. The molecule has 0 bridgehead atoms. The minimum Gasteiger partial charge on any atom is -0.350 e. The van der Waals surface area contributed by atoms with Gasteiger partial charge in [0.1, 0.15) is 11.9 Å². The number of nitrogens with zero attached hydrogens (tertiary/aromatic N) is 2. The van der Waals surface area contributed by atoms with Crippen molar-refractivity contribution in [1.82, 2.24) is 14.5 Å². The molecule has 218 valence electrons. The molecule has 0 radical (unpaired) electrons. The molecule has 0 aliphatic heterocycles. The van der Waals surface area contributed by atoms with Crippen LogP contribution in [0.1, 0.15) is 28.3 Å². The van der Waals surface area contributed by atoms with Crippen molar-refractivity contribution in [2.45, 2.75) is 25.7 Å². The van der Waals surface area contributed by atoms with Crippen molar-refractivity contribution in [1.29, 1.82) is 0 Å². The van der Waals surface area contributed by atoms with E-state index >= 15 is 0 Å². The van der Waals surface area contributed by atoms with Crippen LogP contribution in [-0.4, -0.2) is 42.2 Å². The molecule has 0 saturated carbocycles. The highest BCUT2D eigenvalue weighted by Crippen LogP contribution is 2.25. The Morgan fingerprint density at radius 1 is 0.810 bits per heavy atom. The zero-order chi connectivity index (χ0) is 30.1. The number of amides is 2. The van der Waals surface area contributed by atoms with Crippen LogP contribution >= 0.6 is 11.6 Å². The molecule has 4 aromatic carbocycles. The second-order valence-corrected chi connectivity index (χ2v) is 12.2. The third-order valence-electron chi connectivity index (χ3n) is 6.66. The van der Waals surface area contributed by atoms with Crippen LogP contribution in [0.4, 0.5) is 4.39 Å². The van der Waals surface area contributed by atoms with Gasteiger partial charge in [0.25, 0.3) is 0 Å². The van der Waals surface area contributed by atoms with Gasteiger partial charge in [0.15, 0.2) is 0 Å². The highest BCUT2D eigenvalue weighted by molar-refractivity contribution is 7.88. The van der Waals surface area contributed by atoms with Crippen molar-refractivity contribution in [3.05, 3.63) is 142 Å². The normalized spacial score (nSPS) is 12.1. The monoisotopic (exact) mass is 607 g/mol. The summed E-state index contributed by atoms with van der Waals surface area (Å²) in [5.74, 6) is -1.52. The minimum atomic E-state index is -3.81. The van der Waals surface area contributed by atoms with E-state index in [9.17, 15) is 22.4 Å². The molecule has 0 saturated heterocycles. The Kier molecular flexibility index (Phi) is 10.5. The highest BCUT2D eigenvalue weighted by Gasteiger charge is 2.33. The summed E-state index contributed by atoms with van der Waals surface area (Å²) in [6.45, 7) is -0.481. The molecule has 4 aromatic rings. The molecule has 2 amide bonds. The van der Waals surface area contributed by atoms with Gasteiger partial charge in [0, 0.05) is 24.7 Å². The predicted octanol–water partition coefficient (Wildman–Crippen LogP) is 5.33. The second kappa shape index (κ2) is 14.2. The van der Waals surface area contributed by atoms with Crippen LogP contribution in [0.15, 0.2) is 109 Å². The Morgan fingerprint density at radius 3 is 2.00 bits per heavy atom. The molecule has 0 heterocycles. The lowest BCUT2D eigenvalue weighted by atomic mass is 10.0. The van der Waals surface area contributed by atoms with Gasteiger partial charge in [-0.05, 0) is 40.5 Å². The van der Waals surface area contributed by atoms with E-state index < -0.39 is 40.2 Å². The van der Waals surface area contributed by atoms with Gasteiger partial charge < -0.3 is 10.2 Å². The summed E-state index contributed by atoms with van der Waals surface area (Å²) in [4.78, 5) is 29.2. The number of nitrogens with one attached hydrogen (secondary N) is 1. The van der Waals surface area contributed by atoms with Crippen molar-refractivity contribution in [3.8, 4) is 0 Å². The summed E-state index contributed by atoms with van der Waals surface area (Å²) in [7, 11) is -3.81. The van der Waals surface area contributed by atoms with Gasteiger partial charge >= 0.3 is 0 Å². The molecule has 0 aliphatic rings. The average Bonchev–Trinajstić information content (AvgIpc) is 2.97. The first-order chi connectivity index (χ1) is 20.1. The molecule has 1 N–H and O–H groups in total. The zero-order valence-corrected chi connectivity index (χ0v) is 24.6. The molecule has 0 aliphatic carbocycles. The zero-order valence-electron chi connectivity index (χ0n) is 23.0. The second-order valence-electron chi connectivity index (χ2n) is 9.79. The fourth-order valence-corrected chi connectivity index (χ4v) is 5.39. The van der Waals surface area contributed by atoms with Crippen LogP contribution in [0, 0.1) is 5.82 Å². The van der Waals surface area contributed by atoms with Gasteiger partial charge in [0.05, 0.1) is 12.8 Å². The standard InChI is InChI=1S/C32H31ClFN3O4S/c1-42(40,41)36(21-24-10-4-2-5-11-24)23-30(38)37(22-25-16-18-28(34)19-17-25)31(26-12-6-3-7-13-26)32(39)35-20-27-14-8-9-15-29(27)33/h2-19,31H,20-23H2,1H3,(H,35,39)/t31-/m1/s1. The van der Waals surface area contributed by atoms with Gasteiger partial charge in [0.2, 0.25) is 21.8 Å². The predicted molar refractivity (Wildman–Crippen MR) is 161 cm³/mol. The lowest BCUT2D eigenvalue weighted by molar-refractivity contribution is -0.141. The van der Waals surface area contributed by atoms with E-state index in [-0.39, 0.29) is 19.6 Å². The Morgan fingerprint density at radius 2 is 1.38 bits per heavy atom. The fourth-order valence-electron chi connectivity index (χ4n) is 4.46. The smallest absolute Gasteiger partial charge is 0.247 e. The maximum absolute atomic E-state index is 14.1. The Labute approximate surface area is 250 Å². The van der Waals surface area contributed by atoms with Crippen LogP contribution in [0.2, 0.25) is 5.02 Å². The van der Waals surface area contributed by atoms with E-state index in [1.807, 2.05) is 6.07 Å². The van der Waals surface area contributed by atoms with Gasteiger partial charge in [-0.1, -0.05) is 103 Å². The van der Waals surface area contributed by atoms with E-state index in [0.717, 1.165) is 10.6 Å². The van der Waals surface area contributed by atoms with Gasteiger partial charge in [-0.2, -0.15) is 4.31 Å². The molecule has 0 unspecified atom stereocenters. The summed E-state index contributed by atoms with van der Waals surface area (Å²) >= 11 is 6.29. The SMILES string of the molecule is CS(=O)(=O)N(CC(=O)N(Cc1ccc(F)cc1)[C@@H](C(=O)NCc1ccccc1Cl)c1ccccc1)Cc1ccccc1. The number of halogens is 2. The van der Waals surface area contributed by atoms with Crippen molar-refractivity contribution in [2.75, 3.05) is 12.8 Å². The summed E-state index contributed by atoms with van der Waals surface area (Å²) in [6.07, 6.45) is 1.04. The van der Waals surface area contributed by atoms with Gasteiger partial charge in [-0.25, -0.2) is 12.8 Å². The molecule has 7 nitrogen and oxygen atoms in total. The van der Waals surface area contributed by atoms with Crippen molar-refractivity contribution < 1.29 is 22.4 Å². The van der Waals surface area contributed by atoms with Crippen molar-refractivity contribution in [2.24, 2.45) is 0 Å². The number of sulfonamides is 1. The number of benzene rings is 4. The van der Waals surface area contributed by atoms with E-state index in [4.69, 9.17) is 11.6 Å². The minimum absolute atomic E-state index is 0.0233.